The van der Waals surface area contributed by atoms with Crippen LogP contribution in [0.3, 0.4) is 0 Å². The summed E-state index contributed by atoms with van der Waals surface area (Å²) < 4.78 is 0. The Kier molecular flexibility index (Phi) is 3.30. The Labute approximate surface area is 114 Å². The van der Waals surface area contributed by atoms with Gasteiger partial charge in [-0.1, -0.05) is 30.3 Å². The Morgan fingerprint density at radius 1 is 1.11 bits per heavy atom. The summed E-state index contributed by atoms with van der Waals surface area (Å²) in [6, 6.07) is 10.6. The number of aryl methyl sites for hydroxylation is 2. The predicted octanol–water partition coefficient (Wildman–Crippen LogP) is 2.65. The normalized spacial score (nSPS) is 15.3. The van der Waals surface area contributed by atoms with Crippen molar-refractivity contribution in [2.45, 2.75) is 33.4 Å². The largest absolute Gasteiger partial charge is 0.293 e. The van der Waals surface area contributed by atoms with Gasteiger partial charge in [-0.15, -0.1) is 0 Å². The number of aromatic nitrogens is 2. The van der Waals surface area contributed by atoms with Crippen LogP contribution in [0.25, 0.3) is 0 Å². The molecule has 0 radical (unpaired) electrons. The van der Waals surface area contributed by atoms with Gasteiger partial charge in [-0.2, -0.15) is 0 Å². The van der Waals surface area contributed by atoms with Crippen LogP contribution >= 0.6 is 0 Å². The van der Waals surface area contributed by atoms with Gasteiger partial charge in [0.05, 0.1) is 5.69 Å². The molecule has 0 unspecified atom stereocenters. The van der Waals surface area contributed by atoms with E-state index in [1.54, 1.807) is 0 Å². The summed E-state index contributed by atoms with van der Waals surface area (Å²) in [5.41, 5.74) is 5.09. The van der Waals surface area contributed by atoms with Crippen molar-refractivity contribution in [1.29, 1.82) is 0 Å². The smallest absolute Gasteiger partial charge is 0.125 e. The fraction of sp³-hybridized carbons (Fsp3) is 0.375. The van der Waals surface area contributed by atoms with Crippen molar-refractivity contribution < 1.29 is 0 Å². The second-order valence-corrected chi connectivity index (χ2v) is 5.23. The third kappa shape index (κ3) is 2.66. The lowest BCUT2D eigenvalue weighted by atomic mass is 10.0. The van der Waals surface area contributed by atoms with E-state index >= 15 is 0 Å². The highest BCUT2D eigenvalue weighted by Crippen LogP contribution is 2.21. The maximum Gasteiger partial charge on any atom is 0.125 e. The average Bonchev–Trinajstić information content (AvgIpc) is 2.39. The van der Waals surface area contributed by atoms with E-state index in [0.717, 1.165) is 37.6 Å². The zero-order valence-corrected chi connectivity index (χ0v) is 11.6. The van der Waals surface area contributed by atoms with E-state index in [9.17, 15) is 0 Å². The Morgan fingerprint density at radius 2 is 1.89 bits per heavy atom. The van der Waals surface area contributed by atoms with Crippen LogP contribution in [0.5, 0.6) is 0 Å². The van der Waals surface area contributed by atoms with Gasteiger partial charge in [0.2, 0.25) is 0 Å². The Balaban J connectivity index is 1.79. The summed E-state index contributed by atoms with van der Waals surface area (Å²) >= 11 is 0. The van der Waals surface area contributed by atoms with Crippen molar-refractivity contribution in [3.63, 3.8) is 0 Å². The first-order valence-corrected chi connectivity index (χ1v) is 6.81. The van der Waals surface area contributed by atoms with E-state index < -0.39 is 0 Å². The van der Waals surface area contributed by atoms with Crippen LogP contribution in [0.2, 0.25) is 0 Å². The molecule has 0 saturated carbocycles. The molecule has 3 nitrogen and oxygen atoms in total. The minimum Gasteiger partial charge on any atom is -0.293 e. The average molecular weight is 253 g/mol. The van der Waals surface area contributed by atoms with Gasteiger partial charge in [0.1, 0.15) is 5.82 Å². The first-order valence-electron chi connectivity index (χ1n) is 6.81. The first kappa shape index (κ1) is 12.3. The van der Waals surface area contributed by atoms with Gasteiger partial charge in [0, 0.05) is 25.3 Å². The Morgan fingerprint density at radius 3 is 2.68 bits per heavy atom. The molecule has 0 spiro atoms. The zero-order chi connectivity index (χ0) is 13.2. The van der Waals surface area contributed by atoms with Crippen molar-refractivity contribution in [2.75, 3.05) is 6.54 Å². The summed E-state index contributed by atoms with van der Waals surface area (Å²) in [5, 5.41) is 0. The molecule has 1 aliphatic heterocycles. The van der Waals surface area contributed by atoms with E-state index in [0.29, 0.717) is 0 Å². The lowest BCUT2D eigenvalue weighted by molar-refractivity contribution is 0.240. The molecule has 19 heavy (non-hydrogen) atoms. The van der Waals surface area contributed by atoms with Crippen LogP contribution in [0.4, 0.5) is 0 Å². The van der Waals surface area contributed by atoms with E-state index in [2.05, 4.69) is 52.1 Å². The molecular formula is C16H19N3. The van der Waals surface area contributed by atoms with Gasteiger partial charge < -0.3 is 0 Å². The molecule has 1 aliphatic rings. The van der Waals surface area contributed by atoms with E-state index in [4.69, 9.17) is 0 Å². The van der Waals surface area contributed by atoms with Crippen molar-refractivity contribution in [3.05, 3.63) is 58.7 Å². The van der Waals surface area contributed by atoms with Gasteiger partial charge in [0.15, 0.2) is 0 Å². The molecule has 1 aromatic heterocycles. The van der Waals surface area contributed by atoms with Crippen LogP contribution in [0.15, 0.2) is 30.3 Å². The molecule has 0 saturated heterocycles. The van der Waals surface area contributed by atoms with Crippen molar-refractivity contribution >= 4 is 0 Å². The van der Waals surface area contributed by atoms with Crippen LogP contribution < -0.4 is 0 Å². The molecular weight excluding hydrogens is 234 g/mol. The van der Waals surface area contributed by atoms with Gasteiger partial charge in [-0.3, -0.25) is 4.90 Å². The second-order valence-electron chi connectivity index (χ2n) is 5.23. The summed E-state index contributed by atoms with van der Waals surface area (Å²) in [6.45, 7) is 7.11. The summed E-state index contributed by atoms with van der Waals surface area (Å²) in [4.78, 5) is 11.5. The molecule has 0 aliphatic carbocycles. The van der Waals surface area contributed by atoms with Crippen LogP contribution in [-0.2, 0) is 19.5 Å². The number of nitrogens with zero attached hydrogens (tertiary/aromatic N) is 3. The number of rotatable bonds is 2. The van der Waals surface area contributed by atoms with Crippen molar-refractivity contribution in [1.82, 2.24) is 14.9 Å². The lowest BCUT2D eigenvalue weighted by Crippen LogP contribution is -2.31. The third-order valence-electron chi connectivity index (χ3n) is 3.71. The van der Waals surface area contributed by atoms with Gasteiger partial charge in [-0.05, 0) is 31.4 Å². The monoisotopic (exact) mass is 253 g/mol. The van der Waals surface area contributed by atoms with Gasteiger partial charge in [0.25, 0.3) is 0 Å². The summed E-state index contributed by atoms with van der Waals surface area (Å²) in [6.07, 6.45) is 1.06. The minimum absolute atomic E-state index is 0.887. The topological polar surface area (TPSA) is 29.0 Å². The molecule has 0 bridgehead atoms. The van der Waals surface area contributed by atoms with Gasteiger partial charge in [-0.25, -0.2) is 9.97 Å². The van der Waals surface area contributed by atoms with Crippen molar-refractivity contribution in [2.24, 2.45) is 0 Å². The summed E-state index contributed by atoms with van der Waals surface area (Å²) in [7, 11) is 0. The molecule has 3 rings (SSSR count). The highest BCUT2D eigenvalue weighted by Gasteiger charge is 2.20. The maximum atomic E-state index is 4.61. The van der Waals surface area contributed by atoms with E-state index in [1.807, 2.05) is 6.92 Å². The third-order valence-corrected chi connectivity index (χ3v) is 3.71. The number of hydrogen-bond acceptors (Lipinski definition) is 3. The molecule has 0 fully saturated rings. The Hall–Kier alpha value is -1.74. The molecule has 0 atom stereocenters. The zero-order valence-electron chi connectivity index (χ0n) is 11.6. The molecule has 0 amide bonds. The molecule has 3 heteroatoms. The minimum atomic E-state index is 0.887. The molecule has 2 aromatic rings. The quantitative estimate of drug-likeness (QED) is 0.824. The van der Waals surface area contributed by atoms with Crippen LogP contribution in [0, 0.1) is 13.8 Å². The van der Waals surface area contributed by atoms with Gasteiger partial charge >= 0.3 is 0 Å². The van der Waals surface area contributed by atoms with Crippen molar-refractivity contribution in [3.8, 4) is 0 Å². The number of hydrogen-bond donors (Lipinski definition) is 0. The second kappa shape index (κ2) is 5.10. The maximum absolute atomic E-state index is 4.61. The Bertz CT molecular complexity index is 578. The standard InChI is InChI=1S/C16H19N3/c1-12-15-8-9-19(10-14-6-4-3-5-7-14)11-16(15)18-13(2)17-12/h3-7H,8-11H2,1-2H3. The number of benzene rings is 1. The molecule has 0 N–H and O–H groups in total. The molecule has 2 heterocycles. The lowest BCUT2D eigenvalue weighted by Gasteiger charge is -2.28. The van der Waals surface area contributed by atoms with Crippen LogP contribution in [0.1, 0.15) is 28.3 Å². The molecule has 1 aromatic carbocycles. The van der Waals surface area contributed by atoms with Crippen LogP contribution in [-0.4, -0.2) is 21.4 Å². The SMILES string of the molecule is Cc1nc(C)c2c(n1)CN(Cc1ccccc1)CC2. The highest BCUT2D eigenvalue weighted by molar-refractivity contribution is 5.27. The highest BCUT2D eigenvalue weighted by atomic mass is 15.1. The predicted molar refractivity (Wildman–Crippen MR) is 75.8 cm³/mol. The van der Waals surface area contributed by atoms with E-state index in [1.165, 1.54) is 16.8 Å². The molecule has 98 valence electrons. The first-order chi connectivity index (χ1) is 9.22. The fourth-order valence-corrected chi connectivity index (χ4v) is 2.80. The number of fused-ring (bicyclic) bond motifs is 1. The summed E-state index contributed by atoms with van der Waals surface area (Å²) in [5.74, 6) is 0.887. The van der Waals surface area contributed by atoms with E-state index in [-0.39, 0.29) is 0 Å². The fourth-order valence-electron chi connectivity index (χ4n) is 2.80.